The van der Waals surface area contributed by atoms with Gasteiger partial charge >= 0.3 is 6.09 Å². The summed E-state index contributed by atoms with van der Waals surface area (Å²) in [6.07, 6.45) is 1.22. The summed E-state index contributed by atoms with van der Waals surface area (Å²) in [6, 6.07) is 9.39. The van der Waals surface area contributed by atoms with Gasteiger partial charge in [-0.1, -0.05) is 18.2 Å². The average Bonchev–Trinajstić information content (AvgIpc) is 2.53. The van der Waals surface area contributed by atoms with Gasteiger partial charge in [-0.2, -0.15) is 0 Å². The molecule has 0 aliphatic carbocycles. The molecule has 126 valence electrons. The summed E-state index contributed by atoms with van der Waals surface area (Å²) in [6.45, 7) is 6.54. The van der Waals surface area contributed by atoms with Crippen molar-refractivity contribution < 1.29 is 14.3 Å². The molecule has 1 aliphatic rings. The fourth-order valence-electron chi connectivity index (χ4n) is 2.52. The fraction of sp³-hybridized carbons (Fsp3) is 0.529. The van der Waals surface area contributed by atoms with Crippen LogP contribution in [0.3, 0.4) is 0 Å². The lowest BCUT2D eigenvalue weighted by Crippen LogP contribution is -2.46. The fourth-order valence-corrected chi connectivity index (χ4v) is 3.04. The molecule has 0 N–H and O–H groups in total. The Labute approximate surface area is 145 Å². The third kappa shape index (κ3) is 4.96. The Kier molecular flexibility index (Phi) is 5.68. The molecule has 1 aliphatic heterocycles. The molecule has 1 fully saturated rings. The van der Waals surface area contributed by atoms with Crippen LogP contribution in [0, 0.1) is 5.92 Å². The Hall–Kier alpha value is -1.56. The van der Waals surface area contributed by atoms with E-state index in [9.17, 15) is 9.59 Å². The van der Waals surface area contributed by atoms with Crippen molar-refractivity contribution in [3.8, 4) is 0 Å². The Balaban J connectivity index is 2.00. The maximum Gasteiger partial charge on any atom is 0.410 e. The number of anilines is 1. The van der Waals surface area contributed by atoms with Crippen LogP contribution in [0.4, 0.5) is 10.5 Å². The summed E-state index contributed by atoms with van der Waals surface area (Å²) >= 11 is 3.34. The first-order chi connectivity index (χ1) is 10.8. The molecule has 1 heterocycles. The molecule has 0 aromatic heterocycles. The van der Waals surface area contributed by atoms with Gasteiger partial charge in [0.25, 0.3) is 0 Å². The summed E-state index contributed by atoms with van der Waals surface area (Å²) in [5, 5.41) is 0. The lowest BCUT2D eigenvalue weighted by Gasteiger charge is -2.34. The maximum absolute atomic E-state index is 12.7. The van der Waals surface area contributed by atoms with E-state index < -0.39 is 5.60 Å². The van der Waals surface area contributed by atoms with Gasteiger partial charge in [-0.15, -0.1) is 0 Å². The van der Waals surface area contributed by atoms with Crippen LogP contribution in [0.5, 0.6) is 0 Å². The molecule has 5 nitrogen and oxygen atoms in total. The smallest absolute Gasteiger partial charge is 0.410 e. The van der Waals surface area contributed by atoms with E-state index in [1.165, 1.54) is 3.93 Å². The van der Waals surface area contributed by atoms with Crippen molar-refractivity contribution in [3.05, 3.63) is 30.3 Å². The summed E-state index contributed by atoms with van der Waals surface area (Å²) < 4.78 is 6.88. The van der Waals surface area contributed by atoms with E-state index in [0.717, 1.165) is 18.5 Å². The minimum Gasteiger partial charge on any atom is -0.444 e. The minimum atomic E-state index is -0.528. The van der Waals surface area contributed by atoms with Gasteiger partial charge in [-0.05, 0) is 45.7 Å². The third-order valence-corrected chi connectivity index (χ3v) is 4.36. The minimum absolute atomic E-state index is 0.0375. The molecule has 1 atom stereocenters. The molecule has 1 aromatic rings. The van der Waals surface area contributed by atoms with Crippen molar-refractivity contribution in [3.63, 3.8) is 0 Å². The van der Waals surface area contributed by atoms with Crippen LogP contribution in [0.2, 0.25) is 0 Å². The van der Waals surface area contributed by atoms with Crippen LogP contribution in [0.25, 0.3) is 0 Å². The molecular weight excluding hydrogens is 360 g/mol. The zero-order chi connectivity index (χ0) is 17.0. The van der Waals surface area contributed by atoms with Crippen LogP contribution in [-0.4, -0.2) is 35.6 Å². The van der Waals surface area contributed by atoms with Crippen LogP contribution in [0.15, 0.2) is 30.3 Å². The number of para-hydroxylation sites is 1. The van der Waals surface area contributed by atoms with E-state index in [4.69, 9.17) is 4.74 Å². The van der Waals surface area contributed by atoms with Crippen LogP contribution in [0.1, 0.15) is 33.6 Å². The quantitative estimate of drug-likeness (QED) is 0.726. The SMILES string of the molecule is CC(C)(C)OC(=O)N1CCCC(C(=O)N(Br)c2ccccc2)C1. The van der Waals surface area contributed by atoms with Crippen molar-refractivity contribution in [2.75, 3.05) is 17.0 Å². The number of nitrogens with zero attached hydrogens (tertiary/aromatic N) is 2. The van der Waals surface area contributed by atoms with Gasteiger partial charge in [0.15, 0.2) is 0 Å². The zero-order valence-corrected chi connectivity index (χ0v) is 15.4. The molecule has 1 unspecified atom stereocenters. The highest BCUT2D eigenvalue weighted by Crippen LogP contribution is 2.26. The summed E-state index contributed by atoms with van der Waals surface area (Å²) in [5.74, 6) is -0.264. The van der Waals surface area contributed by atoms with Gasteiger partial charge in [0.05, 0.1) is 27.8 Å². The molecule has 0 saturated carbocycles. The van der Waals surface area contributed by atoms with E-state index in [1.807, 2.05) is 51.1 Å². The first-order valence-electron chi connectivity index (χ1n) is 7.80. The zero-order valence-electron chi connectivity index (χ0n) is 13.8. The van der Waals surface area contributed by atoms with Gasteiger partial charge < -0.3 is 9.64 Å². The number of carbonyl (C=O) groups is 2. The Morgan fingerprint density at radius 1 is 1.26 bits per heavy atom. The van der Waals surface area contributed by atoms with Gasteiger partial charge in [0.2, 0.25) is 5.91 Å². The van der Waals surface area contributed by atoms with E-state index in [-0.39, 0.29) is 17.9 Å². The van der Waals surface area contributed by atoms with Gasteiger partial charge in [-0.25, -0.2) is 8.72 Å². The Morgan fingerprint density at radius 2 is 1.91 bits per heavy atom. The second-order valence-electron chi connectivity index (χ2n) is 6.72. The van der Waals surface area contributed by atoms with E-state index in [0.29, 0.717) is 13.1 Å². The van der Waals surface area contributed by atoms with Crippen molar-refractivity contribution >= 4 is 33.8 Å². The molecule has 0 radical (unpaired) electrons. The molecule has 2 amide bonds. The predicted molar refractivity (Wildman–Crippen MR) is 93.4 cm³/mol. The molecule has 2 rings (SSSR count). The standard InChI is InChI=1S/C17H23BrN2O3/c1-17(2,3)23-16(22)19-11-7-8-13(12-19)15(21)20(18)14-9-5-4-6-10-14/h4-6,9-10,13H,7-8,11-12H2,1-3H3. The summed E-state index contributed by atoms with van der Waals surface area (Å²) in [7, 11) is 0. The van der Waals surface area contributed by atoms with Crippen LogP contribution >= 0.6 is 16.1 Å². The highest BCUT2D eigenvalue weighted by atomic mass is 79.9. The highest BCUT2D eigenvalue weighted by Gasteiger charge is 2.33. The van der Waals surface area contributed by atoms with Gasteiger partial charge in [0, 0.05) is 13.1 Å². The Bertz CT molecular complexity index is 557. The number of benzene rings is 1. The second kappa shape index (κ2) is 7.34. The number of hydrogen-bond acceptors (Lipinski definition) is 3. The molecule has 6 heteroatoms. The number of piperidine rings is 1. The van der Waals surface area contributed by atoms with Crippen LogP contribution < -0.4 is 3.93 Å². The predicted octanol–water partition coefficient (Wildman–Crippen LogP) is 3.98. The lowest BCUT2D eigenvalue weighted by atomic mass is 9.97. The molecule has 0 spiro atoms. The largest absolute Gasteiger partial charge is 0.444 e. The third-order valence-electron chi connectivity index (χ3n) is 3.60. The number of hydrogen-bond donors (Lipinski definition) is 0. The van der Waals surface area contributed by atoms with Crippen molar-refractivity contribution in [1.82, 2.24) is 4.90 Å². The number of likely N-dealkylation sites (tertiary alicyclic amines) is 1. The Morgan fingerprint density at radius 3 is 2.52 bits per heavy atom. The number of rotatable bonds is 2. The first kappa shape index (κ1) is 17.8. The lowest BCUT2D eigenvalue weighted by molar-refractivity contribution is -0.122. The van der Waals surface area contributed by atoms with E-state index in [1.54, 1.807) is 4.90 Å². The van der Waals surface area contributed by atoms with Crippen molar-refractivity contribution in [2.45, 2.75) is 39.2 Å². The second-order valence-corrected chi connectivity index (χ2v) is 7.43. The first-order valence-corrected chi connectivity index (χ1v) is 8.51. The van der Waals surface area contributed by atoms with E-state index in [2.05, 4.69) is 16.1 Å². The van der Waals surface area contributed by atoms with Crippen LogP contribution in [-0.2, 0) is 9.53 Å². The van der Waals surface area contributed by atoms with E-state index >= 15 is 0 Å². The van der Waals surface area contributed by atoms with Gasteiger partial charge in [0.1, 0.15) is 5.60 Å². The summed E-state index contributed by atoms with van der Waals surface area (Å²) in [5.41, 5.74) is 0.256. The molecule has 1 aromatic carbocycles. The topological polar surface area (TPSA) is 49.9 Å². The maximum atomic E-state index is 12.7. The summed E-state index contributed by atoms with van der Waals surface area (Å²) in [4.78, 5) is 26.5. The molecule has 1 saturated heterocycles. The molecule has 0 bridgehead atoms. The molecular formula is C17H23BrN2O3. The van der Waals surface area contributed by atoms with Crippen molar-refractivity contribution in [1.29, 1.82) is 0 Å². The number of amides is 2. The molecule has 23 heavy (non-hydrogen) atoms. The average molecular weight is 383 g/mol. The number of halogens is 1. The number of carbonyl (C=O) groups excluding carboxylic acids is 2. The normalized spacial score (nSPS) is 18.4. The van der Waals surface area contributed by atoms with Gasteiger partial charge in [-0.3, -0.25) is 4.79 Å². The van der Waals surface area contributed by atoms with Crippen molar-refractivity contribution in [2.24, 2.45) is 5.92 Å². The highest BCUT2D eigenvalue weighted by molar-refractivity contribution is 9.10. The number of ether oxygens (including phenoxy) is 1. The monoisotopic (exact) mass is 382 g/mol.